The van der Waals surface area contributed by atoms with Crippen LogP contribution in [-0.2, 0) is 6.42 Å². The van der Waals surface area contributed by atoms with Crippen molar-refractivity contribution in [2.75, 3.05) is 11.9 Å². The zero-order valence-electron chi connectivity index (χ0n) is 15.0. The summed E-state index contributed by atoms with van der Waals surface area (Å²) in [6, 6.07) is 18.1. The van der Waals surface area contributed by atoms with Crippen LogP contribution in [-0.4, -0.2) is 18.1 Å². The predicted octanol–water partition coefficient (Wildman–Crippen LogP) is 5.29. The summed E-state index contributed by atoms with van der Waals surface area (Å²) in [5, 5.41) is 2.73. The van der Waals surface area contributed by atoms with E-state index in [0.29, 0.717) is 6.17 Å². The van der Waals surface area contributed by atoms with Crippen molar-refractivity contribution in [2.45, 2.75) is 26.4 Å². The van der Waals surface area contributed by atoms with Crippen LogP contribution in [0.5, 0.6) is 0 Å². The van der Waals surface area contributed by atoms with Crippen LogP contribution in [0.2, 0.25) is 0 Å². The Morgan fingerprint density at radius 2 is 1.80 bits per heavy atom. The summed E-state index contributed by atoms with van der Waals surface area (Å²) in [7, 11) is 2.13. The summed E-state index contributed by atoms with van der Waals surface area (Å²) in [6.45, 7) is 4.47. The maximum absolute atomic E-state index is 2.40. The van der Waals surface area contributed by atoms with Crippen molar-refractivity contribution in [3.63, 3.8) is 0 Å². The first-order valence-corrected chi connectivity index (χ1v) is 8.96. The fraction of sp³-hybridized carbons (Fsp3) is 0.217. The molecule has 1 aliphatic heterocycles. The van der Waals surface area contributed by atoms with Gasteiger partial charge in [0.15, 0.2) is 0 Å². The summed E-state index contributed by atoms with van der Waals surface area (Å²) in [5.41, 5.74) is 8.40. The van der Waals surface area contributed by atoms with Gasteiger partial charge in [0.2, 0.25) is 0 Å². The number of aryl methyl sites for hydroxylation is 1. The van der Waals surface area contributed by atoms with E-state index >= 15 is 0 Å². The van der Waals surface area contributed by atoms with Crippen LogP contribution in [0, 0.1) is 6.92 Å². The zero-order valence-corrected chi connectivity index (χ0v) is 15.0. The molecule has 2 heteroatoms. The lowest BCUT2D eigenvalue weighted by atomic mass is 9.98. The van der Waals surface area contributed by atoms with E-state index in [4.69, 9.17) is 0 Å². The maximum atomic E-state index is 2.40. The highest BCUT2D eigenvalue weighted by atomic mass is 15.4. The molecule has 25 heavy (non-hydrogen) atoms. The first kappa shape index (κ1) is 14.6. The van der Waals surface area contributed by atoms with Crippen LogP contribution in [0.1, 0.15) is 23.6 Å². The predicted molar refractivity (Wildman–Crippen MR) is 106 cm³/mol. The van der Waals surface area contributed by atoms with Crippen molar-refractivity contribution < 1.29 is 0 Å². The van der Waals surface area contributed by atoms with Gasteiger partial charge in [0.25, 0.3) is 0 Å². The standard InChI is InChI=1S/C23H22N2/c1-15-12-21-18(14-23(15)25-11-10-24(3)16(25)2)13-22-19-7-5-4-6-17(19)8-9-20(21)22/h4-12,14,16H,13H2,1-3H3/t16-/m0/s1. The average molecular weight is 326 g/mol. The number of fused-ring (bicyclic) bond motifs is 5. The van der Waals surface area contributed by atoms with Crippen LogP contribution < -0.4 is 4.90 Å². The van der Waals surface area contributed by atoms with Gasteiger partial charge in [-0.25, -0.2) is 0 Å². The highest BCUT2D eigenvalue weighted by Crippen LogP contribution is 2.43. The Balaban J connectivity index is 1.65. The lowest BCUT2D eigenvalue weighted by molar-refractivity contribution is 0.383. The number of nitrogens with zero attached hydrogens (tertiary/aromatic N) is 2. The van der Waals surface area contributed by atoms with Crippen LogP contribution in [0.4, 0.5) is 5.69 Å². The largest absolute Gasteiger partial charge is 0.359 e. The Labute approximate surface area is 149 Å². The molecule has 0 saturated heterocycles. The van der Waals surface area contributed by atoms with Gasteiger partial charge in [0.1, 0.15) is 6.17 Å². The zero-order chi connectivity index (χ0) is 17.1. The van der Waals surface area contributed by atoms with Gasteiger partial charge in [0.05, 0.1) is 0 Å². The monoisotopic (exact) mass is 326 g/mol. The third-order valence-electron chi connectivity index (χ3n) is 5.85. The van der Waals surface area contributed by atoms with Crippen molar-refractivity contribution in [3.8, 4) is 11.1 Å². The van der Waals surface area contributed by atoms with E-state index in [2.05, 4.69) is 91.6 Å². The smallest absolute Gasteiger partial charge is 0.102 e. The quantitative estimate of drug-likeness (QED) is 0.469. The lowest BCUT2D eigenvalue weighted by Gasteiger charge is -2.29. The van der Waals surface area contributed by atoms with Gasteiger partial charge in [-0.05, 0) is 71.0 Å². The van der Waals surface area contributed by atoms with E-state index in [0.717, 1.165) is 6.42 Å². The summed E-state index contributed by atoms with van der Waals surface area (Å²) < 4.78 is 0. The Morgan fingerprint density at radius 1 is 0.960 bits per heavy atom. The Morgan fingerprint density at radius 3 is 2.60 bits per heavy atom. The molecule has 1 heterocycles. The van der Waals surface area contributed by atoms with Crippen molar-refractivity contribution in [1.82, 2.24) is 4.90 Å². The molecule has 0 amide bonds. The lowest BCUT2D eigenvalue weighted by Crippen LogP contribution is -2.33. The SMILES string of the molecule is Cc1cc2c(cc1N1C=CN(C)[C@@H]1C)Cc1c-2ccc2ccccc12. The van der Waals surface area contributed by atoms with Crippen LogP contribution in [0.25, 0.3) is 21.9 Å². The highest BCUT2D eigenvalue weighted by Gasteiger charge is 2.26. The molecule has 124 valence electrons. The molecular weight excluding hydrogens is 304 g/mol. The summed E-state index contributed by atoms with van der Waals surface area (Å²) in [6.07, 6.45) is 5.73. The van der Waals surface area contributed by atoms with Gasteiger partial charge in [-0.1, -0.05) is 36.4 Å². The minimum absolute atomic E-state index is 0.362. The first-order chi connectivity index (χ1) is 12.1. The Bertz CT molecular complexity index is 1030. The molecule has 0 bridgehead atoms. The van der Waals surface area contributed by atoms with E-state index in [1.165, 1.54) is 44.3 Å². The van der Waals surface area contributed by atoms with Crippen LogP contribution in [0.3, 0.4) is 0 Å². The molecule has 5 rings (SSSR count). The molecule has 2 aliphatic rings. The third-order valence-corrected chi connectivity index (χ3v) is 5.85. The van der Waals surface area contributed by atoms with Crippen LogP contribution in [0.15, 0.2) is 60.9 Å². The number of benzene rings is 3. The fourth-order valence-electron chi connectivity index (χ4n) is 4.29. The van der Waals surface area contributed by atoms with Crippen LogP contribution >= 0.6 is 0 Å². The van der Waals surface area contributed by atoms with Gasteiger partial charge in [0, 0.05) is 25.1 Å². The molecule has 0 fully saturated rings. The summed E-state index contributed by atoms with van der Waals surface area (Å²) >= 11 is 0. The van der Waals surface area contributed by atoms with E-state index < -0.39 is 0 Å². The molecule has 0 N–H and O–H groups in total. The van der Waals surface area contributed by atoms with E-state index in [-0.39, 0.29) is 0 Å². The molecule has 1 atom stereocenters. The molecule has 0 aromatic heterocycles. The van der Waals surface area contributed by atoms with Gasteiger partial charge in [-0.2, -0.15) is 0 Å². The van der Waals surface area contributed by atoms with E-state index in [9.17, 15) is 0 Å². The van der Waals surface area contributed by atoms with Crippen molar-refractivity contribution in [3.05, 3.63) is 77.6 Å². The topological polar surface area (TPSA) is 6.48 Å². The maximum Gasteiger partial charge on any atom is 0.102 e. The molecular formula is C23H22N2. The number of anilines is 1. The molecule has 2 nitrogen and oxygen atoms in total. The Hall–Kier alpha value is -2.74. The normalized spacial score (nSPS) is 18.1. The molecule has 0 saturated carbocycles. The van der Waals surface area contributed by atoms with E-state index in [1.807, 2.05) is 0 Å². The van der Waals surface area contributed by atoms with Crippen molar-refractivity contribution in [2.24, 2.45) is 0 Å². The highest BCUT2D eigenvalue weighted by molar-refractivity contribution is 5.95. The second kappa shape index (κ2) is 5.13. The second-order valence-corrected chi connectivity index (χ2v) is 7.29. The Kier molecular flexibility index (Phi) is 2.99. The average Bonchev–Trinajstić information content (AvgIpc) is 3.15. The van der Waals surface area contributed by atoms with Gasteiger partial charge in [-0.3, -0.25) is 0 Å². The molecule has 1 aliphatic carbocycles. The number of rotatable bonds is 1. The molecule has 0 radical (unpaired) electrons. The first-order valence-electron chi connectivity index (χ1n) is 8.96. The summed E-state index contributed by atoms with van der Waals surface area (Å²) in [5.74, 6) is 0. The number of hydrogen-bond donors (Lipinski definition) is 0. The molecule has 0 spiro atoms. The van der Waals surface area contributed by atoms with Gasteiger partial charge < -0.3 is 9.80 Å². The summed E-state index contributed by atoms with van der Waals surface area (Å²) in [4.78, 5) is 4.62. The second-order valence-electron chi connectivity index (χ2n) is 7.29. The van der Waals surface area contributed by atoms with E-state index in [1.54, 1.807) is 0 Å². The van der Waals surface area contributed by atoms with Crippen molar-refractivity contribution in [1.29, 1.82) is 0 Å². The van der Waals surface area contributed by atoms with Crippen molar-refractivity contribution >= 4 is 16.5 Å². The third kappa shape index (κ3) is 2.03. The molecule has 3 aromatic carbocycles. The molecule has 0 unspecified atom stereocenters. The van der Waals surface area contributed by atoms with Gasteiger partial charge >= 0.3 is 0 Å². The van der Waals surface area contributed by atoms with Gasteiger partial charge in [-0.15, -0.1) is 0 Å². The molecule has 3 aromatic rings. The fourth-order valence-corrected chi connectivity index (χ4v) is 4.29. The minimum atomic E-state index is 0.362. The minimum Gasteiger partial charge on any atom is -0.359 e. The number of hydrogen-bond acceptors (Lipinski definition) is 2.